The second-order valence-electron chi connectivity index (χ2n) is 2.69. The van der Waals surface area contributed by atoms with Gasteiger partial charge in [0.25, 0.3) is 0 Å². The van der Waals surface area contributed by atoms with Gasteiger partial charge in [-0.25, -0.2) is 10.3 Å². The zero-order valence-electron chi connectivity index (χ0n) is 7.63. The van der Waals surface area contributed by atoms with Crippen LogP contribution in [0.15, 0.2) is 12.1 Å². The summed E-state index contributed by atoms with van der Waals surface area (Å²) in [5.74, 6) is 5.00. The van der Waals surface area contributed by atoms with E-state index in [2.05, 4.69) is 4.84 Å². The van der Waals surface area contributed by atoms with Crippen LogP contribution in [0.5, 0.6) is 5.75 Å². The van der Waals surface area contributed by atoms with Crippen LogP contribution < -0.4 is 10.6 Å². The van der Waals surface area contributed by atoms with Crippen LogP contribution in [-0.4, -0.2) is 7.11 Å². The molecule has 0 radical (unpaired) electrons. The van der Waals surface area contributed by atoms with E-state index in [4.69, 9.17) is 10.6 Å². The SMILES string of the molecule is COc1ccc(C)c(F)c1CON. The molecule has 2 N–H and O–H groups in total. The number of halogens is 1. The van der Waals surface area contributed by atoms with Gasteiger partial charge in [-0.15, -0.1) is 0 Å². The summed E-state index contributed by atoms with van der Waals surface area (Å²) < 4.78 is 18.4. The molecule has 0 aliphatic rings. The van der Waals surface area contributed by atoms with E-state index in [1.165, 1.54) is 7.11 Å². The van der Waals surface area contributed by atoms with Gasteiger partial charge in [0.05, 0.1) is 19.3 Å². The van der Waals surface area contributed by atoms with Crippen LogP contribution in [0.3, 0.4) is 0 Å². The molecular weight excluding hydrogens is 173 g/mol. The monoisotopic (exact) mass is 185 g/mol. The lowest BCUT2D eigenvalue weighted by Gasteiger charge is -2.09. The molecule has 0 atom stereocenters. The van der Waals surface area contributed by atoms with Crippen LogP contribution >= 0.6 is 0 Å². The van der Waals surface area contributed by atoms with Crippen LogP contribution in [0.25, 0.3) is 0 Å². The van der Waals surface area contributed by atoms with Crippen molar-refractivity contribution in [3.8, 4) is 5.75 Å². The molecule has 1 aromatic rings. The van der Waals surface area contributed by atoms with E-state index < -0.39 is 0 Å². The van der Waals surface area contributed by atoms with Crippen molar-refractivity contribution >= 4 is 0 Å². The predicted molar refractivity (Wildman–Crippen MR) is 46.7 cm³/mol. The Morgan fingerprint density at radius 3 is 2.69 bits per heavy atom. The molecule has 0 saturated heterocycles. The summed E-state index contributed by atoms with van der Waals surface area (Å²) in [6, 6.07) is 3.33. The molecule has 0 bridgehead atoms. The summed E-state index contributed by atoms with van der Waals surface area (Å²) in [7, 11) is 1.48. The Bertz CT molecular complexity index is 302. The summed E-state index contributed by atoms with van der Waals surface area (Å²) >= 11 is 0. The highest BCUT2D eigenvalue weighted by molar-refractivity contribution is 5.37. The third kappa shape index (κ3) is 1.96. The van der Waals surface area contributed by atoms with E-state index in [9.17, 15) is 4.39 Å². The van der Waals surface area contributed by atoms with E-state index in [0.29, 0.717) is 16.9 Å². The number of benzene rings is 1. The first kappa shape index (κ1) is 9.95. The first-order chi connectivity index (χ1) is 6.20. The van der Waals surface area contributed by atoms with E-state index in [1.54, 1.807) is 19.1 Å². The standard InChI is InChI=1S/C9H12FNO2/c1-6-3-4-8(12-2)7(5-13-11)9(6)10/h3-4H,5,11H2,1-2H3. The van der Waals surface area contributed by atoms with Gasteiger partial charge in [0.1, 0.15) is 11.6 Å². The zero-order valence-corrected chi connectivity index (χ0v) is 7.63. The largest absolute Gasteiger partial charge is 0.496 e. The zero-order chi connectivity index (χ0) is 9.84. The quantitative estimate of drug-likeness (QED) is 0.726. The van der Waals surface area contributed by atoms with Gasteiger partial charge in [0.15, 0.2) is 0 Å². The number of methoxy groups -OCH3 is 1. The average molecular weight is 185 g/mol. The van der Waals surface area contributed by atoms with E-state index in [1.807, 2.05) is 0 Å². The van der Waals surface area contributed by atoms with Crippen LogP contribution in [0.4, 0.5) is 4.39 Å². The number of aryl methyl sites for hydroxylation is 1. The first-order valence-electron chi connectivity index (χ1n) is 3.84. The Morgan fingerprint density at radius 1 is 1.46 bits per heavy atom. The van der Waals surface area contributed by atoms with Crippen molar-refractivity contribution in [2.24, 2.45) is 5.90 Å². The first-order valence-corrected chi connectivity index (χ1v) is 3.84. The Hall–Kier alpha value is -1.13. The summed E-state index contributed by atoms with van der Waals surface area (Å²) in [5.41, 5.74) is 0.901. The van der Waals surface area contributed by atoms with Gasteiger partial charge < -0.3 is 4.74 Å². The normalized spacial score (nSPS) is 10.2. The molecule has 0 aliphatic heterocycles. The number of ether oxygens (including phenoxy) is 1. The van der Waals surface area contributed by atoms with Gasteiger partial charge in [-0.2, -0.15) is 0 Å². The molecule has 1 rings (SSSR count). The number of hydrogen-bond donors (Lipinski definition) is 1. The Labute approximate surface area is 76.2 Å². The fraction of sp³-hybridized carbons (Fsp3) is 0.333. The molecule has 1 aromatic carbocycles. The lowest BCUT2D eigenvalue weighted by molar-refractivity contribution is 0.119. The van der Waals surface area contributed by atoms with Crippen LogP contribution in [0, 0.1) is 12.7 Å². The summed E-state index contributed by atoms with van der Waals surface area (Å²) in [5, 5.41) is 0. The van der Waals surface area contributed by atoms with E-state index in [-0.39, 0.29) is 12.4 Å². The van der Waals surface area contributed by atoms with Gasteiger partial charge in [0, 0.05) is 0 Å². The smallest absolute Gasteiger partial charge is 0.135 e. The molecule has 0 fully saturated rings. The molecule has 0 unspecified atom stereocenters. The number of nitrogens with two attached hydrogens (primary N) is 1. The second kappa shape index (κ2) is 4.20. The third-order valence-electron chi connectivity index (χ3n) is 1.84. The minimum atomic E-state index is -0.329. The summed E-state index contributed by atoms with van der Waals surface area (Å²) in [4.78, 5) is 4.39. The van der Waals surface area contributed by atoms with Crippen molar-refractivity contribution < 1.29 is 14.0 Å². The molecule has 0 spiro atoms. The maximum absolute atomic E-state index is 13.4. The highest BCUT2D eigenvalue weighted by atomic mass is 19.1. The minimum absolute atomic E-state index is 0.0106. The molecule has 0 heterocycles. The van der Waals surface area contributed by atoms with Crippen molar-refractivity contribution in [2.45, 2.75) is 13.5 Å². The highest BCUT2D eigenvalue weighted by Gasteiger charge is 2.11. The fourth-order valence-corrected chi connectivity index (χ4v) is 1.13. The van der Waals surface area contributed by atoms with Gasteiger partial charge >= 0.3 is 0 Å². The van der Waals surface area contributed by atoms with Crippen molar-refractivity contribution in [2.75, 3.05) is 7.11 Å². The molecule has 3 nitrogen and oxygen atoms in total. The fourth-order valence-electron chi connectivity index (χ4n) is 1.13. The van der Waals surface area contributed by atoms with E-state index >= 15 is 0 Å². The van der Waals surface area contributed by atoms with Crippen LogP contribution in [0.1, 0.15) is 11.1 Å². The maximum Gasteiger partial charge on any atom is 0.135 e. The topological polar surface area (TPSA) is 44.5 Å². The van der Waals surface area contributed by atoms with Gasteiger partial charge in [-0.1, -0.05) is 6.07 Å². The second-order valence-corrected chi connectivity index (χ2v) is 2.69. The van der Waals surface area contributed by atoms with Crippen LogP contribution in [0.2, 0.25) is 0 Å². The average Bonchev–Trinajstić information content (AvgIpc) is 2.14. The van der Waals surface area contributed by atoms with Gasteiger partial charge in [-0.05, 0) is 18.6 Å². The molecule has 0 amide bonds. The minimum Gasteiger partial charge on any atom is -0.496 e. The lowest BCUT2D eigenvalue weighted by atomic mass is 10.1. The number of rotatable bonds is 3. The Morgan fingerprint density at radius 2 is 2.15 bits per heavy atom. The van der Waals surface area contributed by atoms with Crippen molar-refractivity contribution in [3.05, 3.63) is 29.1 Å². The lowest BCUT2D eigenvalue weighted by Crippen LogP contribution is -2.04. The molecule has 0 aromatic heterocycles. The predicted octanol–water partition coefficient (Wildman–Crippen LogP) is 1.53. The molecule has 72 valence electrons. The Kier molecular flexibility index (Phi) is 3.22. The summed E-state index contributed by atoms with van der Waals surface area (Å²) in [6.07, 6.45) is 0. The Balaban J connectivity index is 3.15. The number of hydrogen-bond acceptors (Lipinski definition) is 3. The van der Waals surface area contributed by atoms with Gasteiger partial charge in [-0.3, -0.25) is 4.84 Å². The summed E-state index contributed by atoms with van der Waals surface area (Å²) in [6.45, 7) is 1.69. The molecule has 4 heteroatoms. The highest BCUT2D eigenvalue weighted by Crippen LogP contribution is 2.24. The molecule has 0 aliphatic carbocycles. The van der Waals surface area contributed by atoms with Crippen molar-refractivity contribution in [1.82, 2.24) is 0 Å². The van der Waals surface area contributed by atoms with Crippen molar-refractivity contribution in [1.29, 1.82) is 0 Å². The molecule has 0 saturated carbocycles. The molecular formula is C9H12FNO2. The third-order valence-corrected chi connectivity index (χ3v) is 1.84. The van der Waals surface area contributed by atoms with Crippen LogP contribution in [-0.2, 0) is 11.4 Å². The van der Waals surface area contributed by atoms with Crippen molar-refractivity contribution in [3.63, 3.8) is 0 Å². The molecule has 13 heavy (non-hydrogen) atoms. The van der Waals surface area contributed by atoms with E-state index in [0.717, 1.165) is 0 Å². The maximum atomic E-state index is 13.4. The van der Waals surface area contributed by atoms with Gasteiger partial charge in [0.2, 0.25) is 0 Å².